The van der Waals surface area contributed by atoms with E-state index < -0.39 is 0 Å². The number of carbonyl (C=O) groups is 1. The molecule has 18 heavy (non-hydrogen) atoms. The highest BCUT2D eigenvalue weighted by Crippen LogP contribution is 2.40. The molecule has 3 rings (SSSR count). The molecule has 0 saturated heterocycles. The average molecular weight is 285 g/mol. The van der Waals surface area contributed by atoms with Gasteiger partial charge in [-0.25, -0.2) is 0 Å². The Morgan fingerprint density at radius 1 is 1.39 bits per heavy atom. The summed E-state index contributed by atoms with van der Waals surface area (Å²) in [4.78, 5) is 11.9. The van der Waals surface area contributed by atoms with E-state index in [9.17, 15) is 4.79 Å². The zero-order chi connectivity index (χ0) is 12.9. The third-order valence-electron chi connectivity index (χ3n) is 3.08. The normalized spacial score (nSPS) is 14.5. The maximum Gasteiger partial charge on any atom is 0.271 e. The van der Waals surface area contributed by atoms with Crippen molar-refractivity contribution in [3.8, 4) is 5.75 Å². The molecule has 1 aromatic carbocycles. The van der Waals surface area contributed by atoms with Gasteiger partial charge in [0.25, 0.3) is 5.91 Å². The average Bonchev–Trinajstić information content (AvgIpc) is 2.65. The molecule has 4 nitrogen and oxygen atoms in total. The van der Waals surface area contributed by atoms with Gasteiger partial charge in [0, 0.05) is 18.1 Å². The Bertz CT molecular complexity index is 664. The molecule has 1 aliphatic rings. The monoisotopic (exact) mass is 284 g/mol. The van der Waals surface area contributed by atoms with E-state index in [1.54, 1.807) is 12.1 Å². The standard InChI is InChI=1S/C12H10Cl2N2O2/c1-18-11-9-7(14)4-6(13)5-8(9)16-3-2-15-12(17)10(11)16/h4-5H,2-3H2,1H3,(H,15,17). The van der Waals surface area contributed by atoms with Crippen molar-refractivity contribution in [3.63, 3.8) is 0 Å². The minimum atomic E-state index is -0.151. The number of nitrogens with zero attached hydrogens (tertiary/aromatic N) is 1. The van der Waals surface area contributed by atoms with Crippen molar-refractivity contribution in [2.75, 3.05) is 13.7 Å². The number of carbonyl (C=O) groups excluding carboxylic acids is 1. The largest absolute Gasteiger partial charge is 0.494 e. The predicted molar refractivity (Wildman–Crippen MR) is 70.8 cm³/mol. The Balaban J connectivity index is 2.48. The van der Waals surface area contributed by atoms with Crippen LogP contribution in [0.5, 0.6) is 5.75 Å². The van der Waals surface area contributed by atoms with Crippen molar-refractivity contribution in [2.45, 2.75) is 6.54 Å². The molecule has 1 amide bonds. The van der Waals surface area contributed by atoms with Gasteiger partial charge in [0.05, 0.1) is 23.0 Å². The summed E-state index contributed by atoms with van der Waals surface area (Å²) in [5.41, 5.74) is 1.33. The van der Waals surface area contributed by atoms with Crippen molar-refractivity contribution in [2.24, 2.45) is 0 Å². The van der Waals surface area contributed by atoms with E-state index >= 15 is 0 Å². The molecular formula is C12H10Cl2N2O2. The predicted octanol–water partition coefficient (Wildman–Crippen LogP) is 2.70. The number of hydrogen-bond donors (Lipinski definition) is 1. The fourth-order valence-corrected chi connectivity index (χ4v) is 2.95. The van der Waals surface area contributed by atoms with E-state index in [1.165, 1.54) is 7.11 Å². The summed E-state index contributed by atoms with van der Waals surface area (Å²) in [6.07, 6.45) is 0. The first-order valence-electron chi connectivity index (χ1n) is 5.47. The van der Waals surface area contributed by atoms with Crippen LogP contribution in [0, 0.1) is 0 Å². The van der Waals surface area contributed by atoms with Gasteiger partial charge in [-0.05, 0) is 12.1 Å². The number of ether oxygens (including phenoxy) is 1. The lowest BCUT2D eigenvalue weighted by Gasteiger charge is -2.17. The summed E-state index contributed by atoms with van der Waals surface area (Å²) in [7, 11) is 1.53. The smallest absolute Gasteiger partial charge is 0.271 e. The van der Waals surface area contributed by atoms with Crippen molar-refractivity contribution >= 4 is 40.0 Å². The molecule has 2 aromatic rings. The first-order chi connectivity index (χ1) is 8.63. The number of methoxy groups -OCH3 is 1. The van der Waals surface area contributed by atoms with Crippen LogP contribution in [0.4, 0.5) is 0 Å². The maximum atomic E-state index is 11.9. The molecule has 0 atom stereocenters. The highest BCUT2D eigenvalue weighted by atomic mass is 35.5. The molecule has 0 unspecified atom stereocenters. The van der Waals surface area contributed by atoms with Crippen LogP contribution < -0.4 is 10.1 Å². The second-order valence-electron chi connectivity index (χ2n) is 4.07. The van der Waals surface area contributed by atoms with Crippen molar-refractivity contribution < 1.29 is 9.53 Å². The van der Waals surface area contributed by atoms with E-state index in [1.807, 2.05) is 4.57 Å². The van der Waals surface area contributed by atoms with Gasteiger partial charge in [-0.3, -0.25) is 4.79 Å². The van der Waals surface area contributed by atoms with E-state index in [4.69, 9.17) is 27.9 Å². The lowest BCUT2D eigenvalue weighted by molar-refractivity contribution is 0.0925. The van der Waals surface area contributed by atoms with Gasteiger partial charge in [-0.15, -0.1) is 0 Å². The number of nitrogens with one attached hydrogen (secondary N) is 1. The Morgan fingerprint density at radius 3 is 2.89 bits per heavy atom. The van der Waals surface area contributed by atoms with E-state index in [-0.39, 0.29) is 5.91 Å². The lowest BCUT2D eigenvalue weighted by Crippen LogP contribution is -2.35. The summed E-state index contributed by atoms with van der Waals surface area (Å²) >= 11 is 12.2. The Labute approximate surface area is 113 Å². The first kappa shape index (κ1) is 11.7. The van der Waals surface area contributed by atoms with Crippen LogP contribution >= 0.6 is 23.2 Å². The molecule has 0 spiro atoms. The molecular weight excluding hydrogens is 275 g/mol. The molecule has 0 radical (unpaired) electrons. The third kappa shape index (κ3) is 1.49. The van der Waals surface area contributed by atoms with Crippen LogP contribution in [0.15, 0.2) is 12.1 Å². The minimum Gasteiger partial charge on any atom is -0.494 e. The molecule has 0 fully saturated rings. The summed E-state index contributed by atoms with van der Waals surface area (Å²) in [5, 5.41) is 4.56. The Kier molecular flexibility index (Phi) is 2.64. The topological polar surface area (TPSA) is 43.3 Å². The number of benzene rings is 1. The van der Waals surface area contributed by atoms with Gasteiger partial charge in [-0.1, -0.05) is 23.2 Å². The van der Waals surface area contributed by atoms with Crippen LogP contribution in [0.1, 0.15) is 10.5 Å². The molecule has 2 heterocycles. The van der Waals surface area contributed by atoms with E-state index in [0.717, 1.165) is 10.9 Å². The van der Waals surface area contributed by atoms with Crippen molar-refractivity contribution in [1.29, 1.82) is 0 Å². The number of fused-ring (bicyclic) bond motifs is 3. The number of amides is 1. The zero-order valence-corrected chi connectivity index (χ0v) is 11.1. The van der Waals surface area contributed by atoms with Gasteiger partial charge in [-0.2, -0.15) is 0 Å². The number of halogens is 2. The van der Waals surface area contributed by atoms with Crippen LogP contribution in [-0.4, -0.2) is 24.1 Å². The van der Waals surface area contributed by atoms with Gasteiger partial charge in [0.15, 0.2) is 11.4 Å². The van der Waals surface area contributed by atoms with Gasteiger partial charge in [0.2, 0.25) is 0 Å². The molecule has 0 bridgehead atoms. The number of hydrogen-bond acceptors (Lipinski definition) is 2. The zero-order valence-electron chi connectivity index (χ0n) is 9.59. The first-order valence-corrected chi connectivity index (χ1v) is 6.22. The van der Waals surface area contributed by atoms with Gasteiger partial charge >= 0.3 is 0 Å². The Hall–Kier alpha value is -1.39. The summed E-state index contributed by atoms with van der Waals surface area (Å²) < 4.78 is 7.24. The maximum absolute atomic E-state index is 11.9. The molecule has 1 N–H and O–H groups in total. The molecule has 0 aliphatic carbocycles. The minimum absolute atomic E-state index is 0.151. The van der Waals surface area contributed by atoms with Crippen LogP contribution in [0.25, 0.3) is 10.9 Å². The van der Waals surface area contributed by atoms with E-state index in [0.29, 0.717) is 34.6 Å². The molecule has 94 valence electrons. The number of aromatic nitrogens is 1. The van der Waals surface area contributed by atoms with Gasteiger partial charge in [0.1, 0.15) is 0 Å². The SMILES string of the molecule is COc1c2n(c3cc(Cl)cc(Cl)c13)CCNC2=O. The second-order valence-corrected chi connectivity index (χ2v) is 4.91. The fourth-order valence-electron chi connectivity index (χ4n) is 2.38. The molecule has 1 aromatic heterocycles. The Morgan fingerprint density at radius 2 is 2.17 bits per heavy atom. The summed E-state index contributed by atoms with van der Waals surface area (Å²) in [6.45, 7) is 1.26. The quantitative estimate of drug-likeness (QED) is 0.875. The molecule has 6 heteroatoms. The van der Waals surface area contributed by atoms with Crippen molar-refractivity contribution in [1.82, 2.24) is 9.88 Å². The van der Waals surface area contributed by atoms with Gasteiger partial charge < -0.3 is 14.6 Å². The van der Waals surface area contributed by atoms with Crippen LogP contribution in [0.2, 0.25) is 10.0 Å². The highest BCUT2D eigenvalue weighted by Gasteiger charge is 2.27. The summed E-state index contributed by atoms with van der Waals surface area (Å²) in [6, 6.07) is 3.45. The van der Waals surface area contributed by atoms with Crippen LogP contribution in [-0.2, 0) is 6.54 Å². The van der Waals surface area contributed by atoms with E-state index in [2.05, 4.69) is 5.32 Å². The van der Waals surface area contributed by atoms with Crippen LogP contribution in [0.3, 0.4) is 0 Å². The molecule has 1 aliphatic heterocycles. The molecule has 0 saturated carbocycles. The number of rotatable bonds is 1. The second kappa shape index (κ2) is 4.07. The summed E-state index contributed by atoms with van der Waals surface area (Å²) in [5.74, 6) is 0.352. The lowest BCUT2D eigenvalue weighted by atomic mass is 10.2. The van der Waals surface area contributed by atoms with Crippen molar-refractivity contribution in [3.05, 3.63) is 27.9 Å². The third-order valence-corrected chi connectivity index (χ3v) is 3.59. The highest BCUT2D eigenvalue weighted by molar-refractivity contribution is 6.39. The fraction of sp³-hybridized carbons (Fsp3) is 0.250.